The molecule has 1 N–H and O–H groups in total. The van der Waals surface area contributed by atoms with Gasteiger partial charge in [-0.25, -0.2) is 4.98 Å². The molecule has 0 spiro atoms. The molecule has 1 unspecified atom stereocenters. The number of benzene rings is 2. The Hall–Kier alpha value is -4.50. The molecule has 5 rings (SSSR count). The predicted octanol–water partition coefficient (Wildman–Crippen LogP) is 4.89. The number of methoxy groups -OCH3 is 1. The lowest BCUT2D eigenvalue weighted by Gasteiger charge is -2.23. The molecule has 0 aliphatic carbocycles. The first-order valence-corrected chi connectivity index (χ1v) is 11.8. The van der Waals surface area contributed by atoms with Crippen molar-refractivity contribution in [2.75, 3.05) is 18.6 Å². The summed E-state index contributed by atoms with van der Waals surface area (Å²) in [5.74, 6) is -0.678. The van der Waals surface area contributed by atoms with E-state index in [9.17, 15) is 14.7 Å². The molecule has 2 aromatic carbocycles. The normalized spacial score (nSPS) is 16.9. The van der Waals surface area contributed by atoms with Gasteiger partial charge in [0.05, 0.1) is 28.9 Å². The Morgan fingerprint density at radius 2 is 1.94 bits per heavy atom. The predicted molar refractivity (Wildman–Crippen MR) is 137 cm³/mol. The highest BCUT2D eigenvalue weighted by Crippen LogP contribution is 2.45. The van der Waals surface area contributed by atoms with Gasteiger partial charge in [0.1, 0.15) is 23.9 Å². The van der Waals surface area contributed by atoms with Crippen LogP contribution in [0.1, 0.15) is 17.2 Å². The minimum atomic E-state index is -0.923. The Morgan fingerprint density at radius 3 is 2.69 bits per heavy atom. The number of hydrogen-bond donors (Lipinski definition) is 1. The van der Waals surface area contributed by atoms with Gasteiger partial charge in [-0.15, -0.1) is 0 Å². The van der Waals surface area contributed by atoms with E-state index >= 15 is 0 Å². The number of ether oxygens (including phenoxy) is 2. The van der Waals surface area contributed by atoms with Gasteiger partial charge >= 0.3 is 5.91 Å². The number of aromatic nitrogens is 2. The molecule has 1 aliphatic heterocycles. The molecule has 1 saturated heterocycles. The van der Waals surface area contributed by atoms with Gasteiger partial charge in [-0.1, -0.05) is 36.1 Å². The van der Waals surface area contributed by atoms with Gasteiger partial charge in [0.25, 0.3) is 5.78 Å². The van der Waals surface area contributed by atoms with Crippen molar-refractivity contribution in [3.8, 4) is 11.5 Å². The Kier molecular flexibility index (Phi) is 6.22. The summed E-state index contributed by atoms with van der Waals surface area (Å²) in [4.78, 5) is 36.7. The zero-order chi connectivity index (χ0) is 25.2. The topological polar surface area (TPSA) is 102 Å². The van der Waals surface area contributed by atoms with Crippen LogP contribution in [-0.2, 0) is 9.59 Å². The van der Waals surface area contributed by atoms with E-state index in [1.165, 1.54) is 28.6 Å². The van der Waals surface area contributed by atoms with Crippen molar-refractivity contribution in [3.63, 3.8) is 0 Å². The van der Waals surface area contributed by atoms with Crippen LogP contribution in [0.5, 0.6) is 11.5 Å². The number of amides is 1. The van der Waals surface area contributed by atoms with Gasteiger partial charge in [-0.2, -0.15) is 0 Å². The van der Waals surface area contributed by atoms with E-state index in [1.54, 1.807) is 61.7 Å². The van der Waals surface area contributed by atoms with E-state index in [1.807, 2.05) is 6.07 Å². The first-order valence-electron chi connectivity index (χ1n) is 11.0. The van der Waals surface area contributed by atoms with E-state index in [4.69, 9.17) is 9.47 Å². The van der Waals surface area contributed by atoms with Crippen LogP contribution >= 0.6 is 11.3 Å². The fourth-order valence-electron chi connectivity index (χ4n) is 4.06. The average Bonchev–Trinajstić information content (AvgIpc) is 3.45. The number of aliphatic hydroxyl groups is 1. The number of fused-ring (bicyclic) bond motifs is 1. The van der Waals surface area contributed by atoms with Gasteiger partial charge in [0, 0.05) is 18.0 Å². The third kappa shape index (κ3) is 4.09. The summed E-state index contributed by atoms with van der Waals surface area (Å²) < 4.78 is 11.8. The zero-order valence-corrected chi connectivity index (χ0v) is 20.1. The van der Waals surface area contributed by atoms with E-state index in [-0.39, 0.29) is 11.3 Å². The monoisotopic (exact) mass is 499 g/mol. The molecule has 1 aliphatic rings. The summed E-state index contributed by atoms with van der Waals surface area (Å²) in [6.07, 6.45) is 4.63. The molecule has 1 fully saturated rings. The largest absolute Gasteiger partial charge is 0.507 e. The van der Waals surface area contributed by atoms with Crippen molar-refractivity contribution in [1.82, 2.24) is 9.97 Å². The first-order chi connectivity index (χ1) is 17.5. The zero-order valence-electron chi connectivity index (χ0n) is 19.2. The molecular weight excluding hydrogens is 478 g/mol. The molecule has 8 nitrogen and oxygen atoms in total. The van der Waals surface area contributed by atoms with E-state index in [0.717, 1.165) is 4.70 Å². The lowest BCUT2D eigenvalue weighted by molar-refractivity contribution is -0.132. The molecule has 1 amide bonds. The summed E-state index contributed by atoms with van der Waals surface area (Å²) in [7, 11) is 1.57. The maximum Gasteiger partial charge on any atom is 0.301 e. The number of anilines is 1. The summed E-state index contributed by atoms with van der Waals surface area (Å²) in [6, 6.07) is 14.7. The highest BCUT2D eigenvalue weighted by atomic mass is 32.1. The van der Waals surface area contributed by atoms with Crippen LogP contribution < -0.4 is 14.4 Å². The van der Waals surface area contributed by atoms with Gasteiger partial charge < -0.3 is 14.6 Å². The number of rotatable bonds is 7. The van der Waals surface area contributed by atoms with Gasteiger partial charge in [-0.3, -0.25) is 19.5 Å². The summed E-state index contributed by atoms with van der Waals surface area (Å²) in [5.41, 5.74) is 1.59. The molecule has 0 bridgehead atoms. The quantitative estimate of drug-likeness (QED) is 0.167. The highest BCUT2D eigenvalue weighted by molar-refractivity contribution is 7.22. The smallest absolute Gasteiger partial charge is 0.301 e. The third-order valence-electron chi connectivity index (χ3n) is 5.73. The number of nitrogens with zero attached hydrogens (tertiary/aromatic N) is 3. The van der Waals surface area contributed by atoms with Gasteiger partial charge in [0.15, 0.2) is 5.13 Å². The highest BCUT2D eigenvalue weighted by Gasteiger charge is 2.48. The van der Waals surface area contributed by atoms with E-state index in [0.29, 0.717) is 39.9 Å². The SMILES string of the molecule is C=CCOc1cccc(C2C(=C(O)c3ccncc3)C(=O)C(=O)N2c2nc3ccc(OC)cc3s2)c1. The molecule has 2 aromatic heterocycles. The molecule has 0 saturated carbocycles. The number of thiazole rings is 1. The minimum Gasteiger partial charge on any atom is -0.507 e. The van der Waals surface area contributed by atoms with Crippen LogP contribution in [-0.4, -0.2) is 40.5 Å². The summed E-state index contributed by atoms with van der Waals surface area (Å²) in [6.45, 7) is 3.96. The van der Waals surface area contributed by atoms with Crippen molar-refractivity contribution < 1.29 is 24.2 Å². The van der Waals surface area contributed by atoms with Crippen LogP contribution in [0.2, 0.25) is 0 Å². The average molecular weight is 500 g/mol. The Balaban J connectivity index is 1.70. The summed E-state index contributed by atoms with van der Waals surface area (Å²) in [5, 5.41) is 11.5. The number of carbonyl (C=O) groups is 2. The van der Waals surface area contributed by atoms with Crippen molar-refractivity contribution in [1.29, 1.82) is 0 Å². The van der Waals surface area contributed by atoms with Crippen molar-refractivity contribution in [2.45, 2.75) is 6.04 Å². The van der Waals surface area contributed by atoms with Crippen molar-refractivity contribution >= 4 is 44.1 Å². The van der Waals surface area contributed by atoms with Crippen LogP contribution in [0.15, 0.2) is 85.2 Å². The third-order valence-corrected chi connectivity index (χ3v) is 6.75. The summed E-state index contributed by atoms with van der Waals surface area (Å²) >= 11 is 1.26. The number of aliphatic hydroxyl groups excluding tert-OH is 1. The molecule has 4 aromatic rings. The maximum absolute atomic E-state index is 13.4. The Bertz CT molecular complexity index is 1510. The molecule has 9 heteroatoms. The molecule has 1 atom stereocenters. The number of carbonyl (C=O) groups excluding carboxylic acids is 2. The Labute approximate surface area is 210 Å². The fourth-order valence-corrected chi connectivity index (χ4v) is 5.08. The second-order valence-electron chi connectivity index (χ2n) is 7.91. The lowest BCUT2D eigenvalue weighted by atomic mass is 9.95. The molecule has 36 heavy (non-hydrogen) atoms. The first kappa shape index (κ1) is 23.3. The van der Waals surface area contributed by atoms with Gasteiger partial charge in [-0.05, 0) is 48.0 Å². The van der Waals surface area contributed by atoms with Crippen molar-refractivity contribution in [3.05, 3.63) is 96.3 Å². The molecular formula is C27H21N3O5S. The van der Waals surface area contributed by atoms with Crippen LogP contribution in [0, 0.1) is 0 Å². The molecule has 0 radical (unpaired) electrons. The number of ketones is 1. The Morgan fingerprint density at radius 1 is 1.14 bits per heavy atom. The number of Topliss-reactive ketones (excluding diaryl/α,β-unsaturated/α-hetero) is 1. The number of hydrogen-bond acceptors (Lipinski definition) is 8. The molecule has 180 valence electrons. The standard InChI is InChI=1S/C27H21N3O5S/c1-3-13-35-19-6-4-5-17(14-19)23-22(24(31)16-9-11-28-12-10-16)25(32)26(33)30(23)27-29-20-8-7-18(34-2)15-21(20)36-27/h3-12,14-15,23,31H,1,13H2,2H3. The van der Waals surface area contributed by atoms with Crippen LogP contribution in [0.25, 0.3) is 16.0 Å². The van der Waals surface area contributed by atoms with Crippen molar-refractivity contribution in [2.24, 2.45) is 0 Å². The van der Waals surface area contributed by atoms with Gasteiger partial charge in [0.2, 0.25) is 0 Å². The second kappa shape index (κ2) is 9.63. The molecule has 3 heterocycles. The lowest BCUT2D eigenvalue weighted by Crippen LogP contribution is -2.29. The fraction of sp³-hybridized carbons (Fsp3) is 0.111. The van der Waals surface area contributed by atoms with E-state index < -0.39 is 17.7 Å². The maximum atomic E-state index is 13.4. The number of pyridine rings is 1. The minimum absolute atomic E-state index is 0.0380. The van der Waals surface area contributed by atoms with Crippen LogP contribution in [0.3, 0.4) is 0 Å². The van der Waals surface area contributed by atoms with E-state index in [2.05, 4.69) is 16.5 Å². The second-order valence-corrected chi connectivity index (χ2v) is 8.92. The van der Waals surface area contributed by atoms with Crippen LogP contribution in [0.4, 0.5) is 5.13 Å².